The molecule has 4 aliphatic carbocycles. The van der Waals surface area contributed by atoms with Crippen molar-refractivity contribution in [3.63, 3.8) is 0 Å². The molecule has 3 saturated carbocycles. The number of aliphatic hydroxyl groups excluding tert-OH is 5. The molecule has 12 nitrogen and oxygen atoms in total. The Labute approximate surface area is 268 Å². The SMILES string of the molecule is CC1=C(CO[C@@H]2O[C@H](CO)[C@@H](O)[C@H](O)[C@H]2O)C(=O)O[C@@H]([C@@H](C)[C@H]2CC[C@H]3[C@@H]4[C@@H]5O[C@@H]5[C@@]5(O)CC=CC(=O)[C@]5(C)[C@H]4C[C@@H](O)[C@]23C)C1. The van der Waals surface area contributed by atoms with Gasteiger partial charge in [0.25, 0.3) is 0 Å². The lowest BCUT2D eigenvalue weighted by Crippen LogP contribution is -2.69. The maximum absolute atomic E-state index is 13.4. The van der Waals surface area contributed by atoms with Gasteiger partial charge >= 0.3 is 5.97 Å². The van der Waals surface area contributed by atoms with Crippen LogP contribution in [0.15, 0.2) is 23.3 Å². The standard InChI is InChI=1S/C34H48O12/c1-14-10-20(44-30(41)16(14)13-43-31-27(40)26(39)25(38)21(12-35)45-31)15(2)17-7-8-18-24-19(11-23(37)32(17,18)3)33(4)22(36)6-5-9-34(33,42)29-28(24)46-29/h5-6,15,17-21,23-29,31,35,37-40,42H,7-13H2,1-4H3/t15-,17+,18-,19-,20+,21+,23+,24-,25+,26-,27+,28-,29-,31+,32+,33-,34-/m0/s1. The van der Waals surface area contributed by atoms with Crippen LogP contribution in [0.1, 0.15) is 59.8 Å². The Bertz CT molecular complexity index is 1330. The first-order valence-electron chi connectivity index (χ1n) is 16.8. The van der Waals surface area contributed by atoms with Gasteiger partial charge in [0.2, 0.25) is 0 Å². The summed E-state index contributed by atoms with van der Waals surface area (Å²) in [6.45, 7) is 7.08. The number of aliphatic hydroxyl groups is 6. The number of cyclic esters (lactones) is 1. The Hall–Kier alpha value is -1.74. The van der Waals surface area contributed by atoms with Crippen LogP contribution in [0.5, 0.6) is 0 Å². The third-order valence-electron chi connectivity index (χ3n) is 13.7. The van der Waals surface area contributed by atoms with E-state index >= 15 is 0 Å². The van der Waals surface area contributed by atoms with Gasteiger partial charge in [-0.05, 0) is 80.6 Å². The lowest BCUT2D eigenvalue weighted by molar-refractivity contribution is -0.299. The molecule has 0 amide bonds. The topological polar surface area (TPSA) is 196 Å². The second-order valence-electron chi connectivity index (χ2n) is 15.5. The summed E-state index contributed by atoms with van der Waals surface area (Å²) in [6.07, 6.45) is -2.59. The van der Waals surface area contributed by atoms with Gasteiger partial charge in [0, 0.05) is 6.42 Å². The molecule has 0 radical (unpaired) electrons. The lowest BCUT2D eigenvalue weighted by atomic mass is 9.43. The molecular formula is C34H48O12. The number of carbonyl (C=O) groups is 2. The number of allylic oxidation sites excluding steroid dienone is 1. The number of rotatable bonds is 6. The predicted octanol–water partition coefficient (Wildman–Crippen LogP) is 0.148. The van der Waals surface area contributed by atoms with Crippen molar-refractivity contribution < 1.29 is 59.2 Å². The minimum atomic E-state index is -1.59. The van der Waals surface area contributed by atoms with E-state index in [0.717, 1.165) is 18.4 Å². The molecule has 7 aliphatic rings. The zero-order valence-electron chi connectivity index (χ0n) is 26.8. The van der Waals surface area contributed by atoms with Crippen LogP contribution in [0.4, 0.5) is 0 Å². The average molecular weight is 649 g/mol. The number of esters is 1. The van der Waals surface area contributed by atoms with E-state index in [2.05, 4.69) is 13.8 Å². The van der Waals surface area contributed by atoms with Crippen molar-refractivity contribution in [3.05, 3.63) is 23.3 Å². The summed E-state index contributed by atoms with van der Waals surface area (Å²) >= 11 is 0. The number of carbonyl (C=O) groups excluding carboxylic acids is 2. The molecule has 0 aromatic heterocycles. The van der Waals surface area contributed by atoms with Crippen LogP contribution in [-0.2, 0) is 28.5 Å². The second-order valence-corrected chi connectivity index (χ2v) is 15.5. The summed E-state index contributed by atoms with van der Waals surface area (Å²) in [5, 5.41) is 63.6. The number of ketones is 1. The lowest BCUT2D eigenvalue weighted by Gasteiger charge is -2.61. The number of hydrogen-bond acceptors (Lipinski definition) is 12. The third kappa shape index (κ3) is 4.37. The van der Waals surface area contributed by atoms with E-state index in [9.17, 15) is 40.2 Å². The first-order chi connectivity index (χ1) is 21.7. The summed E-state index contributed by atoms with van der Waals surface area (Å²) in [6, 6.07) is 0. The molecule has 12 heteroatoms. The molecule has 7 rings (SSSR count). The second kappa shape index (κ2) is 11.1. The van der Waals surface area contributed by atoms with Gasteiger partial charge in [0.05, 0.1) is 36.4 Å². The summed E-state index contributed by atoms with van der Waals surface area (Å²) < 4.78 is 23.3. The van der Waals surface area contributed by atoms with E-state index in [0.29, 0.717) is 19.3 Å². The van der Waals surface area contributed by atoms with Crippen molar-refractivity contribution in [1.29, 1.82) is 0 Å². The Morgan fingerprint density at radius 2 is 1.78 bits per heavy atom. The number of hydrogen-bond donors (Lipinski definition) is 6. The molecule has 256 valence electrons. The summed E-state index contributed by atoms with van der Waals surface area (Å²) in [5.74, 6) is -0.763. The van der Waals surface area contributed by atoms with Crippen molar-refractivity contribution in [3.8, 4) is 0 Å². The van der Waals surface area contributed by atoms with Crippen molar-refractivity contribution in [2.75, 3.05) is 13.2 Å². The van der Waals surface area contributed by atoms with Crippen LogP contribution < -0.4 is 0 Å². The maximum Gasteiger partial charge on any atom is 0.336 e. The van der Waals surface area contributed by atoms with Gasteiger partial charge < -0.3 is 49.6 Å². The van der Waals surface area contributed by atoms with Crippen LogP contribution >= 0.6 is 0 Å². The Kier molecular flexibility index (Phi) is 7.94. The number of ether oxygens (including phenoxy) is 4. The van der Waals surface area contributed by atoms with Gasteiger partial charge in [0.1, 0.15) is 42.2 Å². The first kappa shape index (κ1) is 32.8. The third-order valence-corrected chi connectivity index (χ3v) is 13.7. The van der Waals surface area contributed by atoms with Gasteiger partial charge in [-0.15, -0.1) is 0 Å². The van der Waals surface area contributed by atoms with Gasteiger partial charge in [-0.1, -0.05) is 25.5 Å². The molecule has 2 saturated heterocycles. The van der Waals surface area contributed by atoms with Crippen LogP contribution in [-0.4, -0.2) is 116 Å². The number of epoxide rings is 1. The van der Waals surface area contributed by atoms with Crippen LogP contribution in [0, 0.1) is 40.4 Å². The molecule has 0 aromatic rings. The highest BCUT2D eigenvalue weighted by atomic mass is 16.7. The molecule has 0 bridgehead atoms. The fraction of sp³-hybridized carbons (Fsp3) is 0.824. The van der Waals surface area contributed by atoms with E-state index < -0.39 is 71.9 Å². The molecule has 17 atom stereocenters. The van der Waals surface area contributed by atoms with Crippen LogP contribution in [0.3, 0.4) is 0 Å². The van der Waals surface area contributed by atoms with Gasteiger partial charge in [-0.2, -0.15) is 0 Å². The Morgan fingerprint density at radius 3 is 2.48 bits per heavy atom. The Balaban J connectivity index is 1.07. The minimum absolute atomic E-state index is 0.0398. The van der Waals surface area contributed by atoms with Crippen molar-refractivity contribution in [2.24, 2.45) is 40.4 Å². The fourth-order valence-electron chi connectivity index (χ4n) is 10.8. The average Bonchev–Trinajstić information content (AvgIpc) is 3.74. The highest BCUT2D eigenvalue weighted by Crippen LogP contribution is 2.71. The predicted molar refractivity (Wildman–Crippen MR) is 158 cm³/mol. The fourth-order valence-corrected chi connectivity index (χ4v) is 10.8. The van der Waals surface area contributed by atoms with Crippen molar-refractivity contribution in [1.82, 2.24) is 0 Å². The quantitative estimate of drug-likeness (QED) is 0.169. The summed E-state index contributed by atoms with van der Waals surface area (Å²) in [5.41, 5.74) is -1.74. The van der Waals surface area contributed by atoms with Gasteiger partial charge in [-0.25, -0.2) is 4.79 Å². The molecule has 0 aromatic carbocycles. The van der Waals surface area contributed by atoms with E-state index in [4.69, 9.17) is 18.9 Å². The van der Waals surface area contributed by atoms with Crippen LogP contribution in [0.25, 0.3) is 0 Å². The highest BCUT2D eigenvalue weighted by molar-refractivity contribution is 5.97. The minimum Gasteiger partial charge on any atom is -0.458 e. The van der Waals surface area contributed by atoms with Crippen LogP contribution in [0.2, 0.25) is 0 Å². The largest absolute Gasteiger partial charge is 0.458 e. The molecule has 0 spiro atoms. The molecule has 6 N–H and O–H groups in total. The van der Waals surface area contributed by atoms with E-state index in [1.54, 1.807) is 12.2 Å². The zero-order chi connectivity index (χ0) is 33.1. The molecule has 46 heavy (non-hydrogen) atoms. The van der Waals surface area contributed by atoms with E-state index in [1.807, 2.05) is 13.8 Å². The van der Waals surface area contributed by atoms with Crippen molar-refractivity contribution in [2.45, 2.75) is 121 Å². The molecule has 3 heterocycles. The first-order valence-corrected chi connectivity index (χ1v) is 16.8. The van der Waals surface area contributed by atoms with Crippen molar-refractivity contribution >= 4 is 11.8 Å². The molecule has 5 fully saturated rings. The molecular weight excluding hydrogens is 600 g/mol. The zero-order valence-corrected chi connectivity index (χ0v) is 26.8. The monoisotopic (exact) mass is 648 g/mol. The molecule has 3 aliphatic heterocycles. The van der Waals surface area contributed by atoms with E-state index in [1.165, 1.54) is 0 Å². The highest BCUT2D eigenvalue weighted by Gasteiger charge is 2.78. The van der Waals surface area contributed by atoms with E-state index in [-0.39, 0.29) is 59.8 Å². The van der Waals surface area contributed by atoms with Gasteiger partial charge in [0.15, 0.2) is 12.1 Å². The van der Waals surface area contributed by atoms with Gasteiger partial charge in [-0.3, -0.25) is 4.79 Å². The summed E-state index contributed by atoms with van der Waals surface area (Å²) in [7, 11) is 0. The maximum atomic E-state index is 13.4. The normalized spacial score (nSPS) is 53.6. The summed E-state index contributed by atoms with van der Waals surface area (Å²) in [4.78, 5) is 26.7. The number of fused-ring (bicyclic) bond motifs is 8. The smallest absolute Gasteiger partial charge is 0.336 e. The Morgan fingerprint density at radius 1 is 1.04 bits per heavy atom. The molecule has 0 unspecified atom stereocenters.